The van der Waals surface area contributed by atoms with E-state index in [1.54, 1.807) is 19.0 Å². The lowest BCUT2D eigenvalue weighted by molar-refractivity contribution is 0.0822. The largest absolute Gasteiger partial charge is 0.343 e. The van der Waals surface area contributed by atoms with E-state index in [4.69, 9.17) is 0 Å². The van der Waals surface area contributed by atoms with Crippen molar-refractivity contribution in [3.63, 3.8) is 0 Å². The third kappa shape index (κ3) is 3.16. The highest BCUT2D eigenvalue weighted by atomic mass is 16.2. The van der Waals surface area contributed by atoms with Crippen LogP contribution in [0.5, 0.6) is 0 Å². The Labute approximate surface area is 121 Å². The van der Waals surface area contributed by atoms with E-state index in [1.165, 1.54) is 5.56 Å². The Balaban J connectivity index is 0.000000956. The molecule has 1 amide bonds. The Hall–Kier alpha value is -1.90. The number of aromatic nitrogens is 1. The lowest BCUT2D eigenvalue weighted by Crippen LogP contribution is -2.23. The summed E-state index contributed by atoms with van der Waals surface area (Å²) in [5.41, 5.74) is 4.86. The number of carbonyl (C=O) groups excluding carboxylic acids is 1. The van der Waals surface area contributed by atoms with Crippen LogP contribution in [-0.4, -0.2) is 29.9 Å². The second-order valence-corrected chi connectivity index (χ2v) is 5.00. The Morgan fingerprint density at radius 2 is 1.60 bits per heavy atom. The minimum atomic E-state index is -0.0556. The summed E-state index contributed by atoms with van der Waals surface area (Å²) in [7, 11) is 3.48. The summed E-state index contributed by atoms with van der Waals surface area (Å²) in [6.45, 7) is 10.1. The molecular formula is C17H24N2O. The molecule has 0 radical (unpaired) electrons. The number of amides is 1. The minimum Gasteiger partial charge on any atom is -0.343 e. The molecule has 0 unspecified atom stereocenters. The van der Waals surface area contributed by atoms with Gasteiger partial charge in [-0.2, -0.15) is 0 Å². The lowest BCUT2D eigenvalue weighted by atomic mass is 10.0. The molecule has 3 heteroatoms. The number of aryl methyl sites for hydroxylation is 3. The molecule has 0 aliphatic heterocycles. The average molecular weight is 272 g/mol. The zero-order valence-electron chi connectivity index (χ0n) is 13.5. The molecule has 0 bridgehead atoms. The summed E-state index contributed by atoms with van der Waals surface area (Å²) >= 11 is 0. The molecule has 108 valence electrons. The fraction of sp³-hybridized carbons (Fsp3) is 0.412. The van der Waals surface area contributed by atoms with Gasteiger partial charge in [-0.1, -0.05) is 25.5 Å². The molecule has 2 rings (SSSR count). The summed E-state index contributed by atoms with van der Waals surface area (Å²) in [4.78, 5) is 18.0. The number of nitrogens with zero attached hydrogens (tertiary/aromatic N) is 2. The van der Waals surface area contributed by atoms with Crippen LogP contribution in [0.2, 0.25) is 0 Å². The highest BCUT2D eigenvalue weighted by Crippen LogP contribution is 2.23. The summed E-state index contributed by atoms with van der Waals surface area (Å²) in [5, 5.41) is 1.13. The summed E-state index contributed by atoms with van der Waals surface area (Å²) < 4.78 is 0. The lowest BCUT2D eigenvalue weighted by Gasteiger charge is -2.13. The molecule has 1 aromatic heterocycles. The van der Waals surface area contributed by atoms with Gasteiger partial charge in [0.15, 0.2) is 0 Å². The SMILES string of the molecule is CC.Cc1cc(C)c2nc(C(=O)N(C)C)cc(C)c2c1. The first kappa shape index (κ1) is 16.2. The zero-order valence-corrected chi connectivity index (χ0v) is 13.5. The molecule has 1 aromatic carbocycles. The van der Waals surface area contributed by atoms with E-state index < -0.39 is 0 Å². The van der Waals surface area contributed by atoms with Crippen LogP contribution in [0.1, 0.15) is 41.0 Å². The standard InChI is InChI=1S/C15H18N2O.C2H6/c1-9-6-11(3)14-12(7-9)10(2)8-13(16-14)15(18)17(4)5;1-2/h6-8H,1-5H3;1-2H3. The van der Waals surface area contributed by atoms with E-state index in [0.717, 1.165) is 22.0 Å². The molecule has 0 spiro atoms. The van der Waals surface area contributed by atoms with Crippen molar-refractivity contribution in [3.05, 3.63) is 40.6 Å². The number of hydrogen-bond donors (Lipinski definition) is 0. The van der Waals surface area contributed by atoms with Gasteiger partial charge in [0.05, 0.1) is 5.52 Å². The number of carbonyl (C=O) groups is 1. The number of fused-ring (bicyclic) bond motifs is 1. The molecule has 2 aromatic rings. The minimum absolute atomic E-state index is 0.0556. The molecule has 0 saturated carbocycles. The maximum atomic E-state index is 12.0. The van der Waals surface area contributed by atoms with Crippen molar-refractivity contribution < 1.29 is 4.79 Å². The first-order valence-corrected chi connectivity index (χ1v) is 7.00. The molecule has 0 saturated heterocycles. The summed E-state index contributed by atoms with van der Waals surface area (Å²) in [6, 6.07) is 6.08. The van der Waals surface area contributed by atoms with Crippen LogP contribution in [0, 0.1) is 20.8 Å². The topological polar surface area (TPSA) is 33.2 Å². The fourth-order valence-electron chi connectivity index (χ4n) is 2.18. The second-order valence-electron chi connectivity index (χ2n) is 5.00. The third-order valence-corrected chi connectivity index (χ3v) is 3.08. The molecule has 1 heterocycles. The predicted octanol–water partition coefficient (Wildman–Crippen LogP) is 3.89. The molecule has 0 aliphatic rings. The first-order chi connectivity index (χ1) is 9.40. The van der Waals surface area contributed by atoms with Gasteiger partial charge in [0.1, 0.15) is 5.69 Å². The van der Waals surface area contributed by atoms with Gasteiger partial charge in [0, 0.05) is 19.5 Å². The Kier molecular flexibility index (Phi) is 5.26. The summed E-state index contributed by atoms with van der Waals surface area (Å²) in [5.74, 6) is -0.0556. The van der Waals surface area contributed by atoms with Crippen LogP contribution in [0.4, 0.5) is 0 Å². The van der Waals surface area contributed by atoms with Crippen molar-refractivity contribution in [2.45, 2.75) is 34.6 Å². The van der Waals surface area contributed by atoms with Gasteiger partial charge < -0.3 is 4.90 Å². The van der Waals surface area contributed by atoms with Gasteiger partial charge in [-0.3, -0.25) is 4.79 Å². The number of hydrogen-bond acceptors (Lipinski definition) is 2. The van der Waals surface area contributed by atoms with Gasteiger partial charge in [0.2, 0.25) is 0 Å². The van der Waals surface area contributed by atoms with Crippen LogP contribution in [0.25, 0.3) is 10.9 Å². The van der Waals surface area contributed by atoms with E-state index in [9.17, 15) is 4.79 Å². The maximum Gasteiger partial charge on any atom is 0.271 e. The normalized spacial score (nSPS) is 9.95. The second kappa shape index (κ2) is 6.51. The number of benzene rings is 1. The predicted molar refractivity (Wildman–Crippen MR) is 85.3 cm³/mol. The maximum absolute atomic E-state index is 12.0. The van der Waals surface area contributed by atoms with Gasteiger partial charge in [-0.15, -0.1) is 0 Å². The average Bonchev–Trinajstić information content (AvgIpc) is 2.41. The van der Waals surface area contributed by atoms with Crippen molar-refractivity contribution in [1.82, 2.24) is 9.88 Å². The van der Waals surface area contributed by atoms with Crippen LogP contribution in [0.15, 0.2) is 18.2 Å². The summed E-state index contributed by atoms with van der Waals surface area (Å²) in [6.07, 6.45) is 0. The van der Waals surface area contributed by atoms with E-state index in [0.29, 0.717) is 5.69 Å². The molecule has 0 fully saturated rings. The molecule has 0 aliphatic carbocycles. The molecule has 20 heavy (non-hydrogen) atoms. The Morgan fingerprint density at radius 1 is 1.00 bits per heavy atom. The number of pyridine rings is 1. The Morgan fingerprint density at radius 3 is 2.15 bits per heavy atom. The van der Waals surface area contributed by atoms with Gasteiger partial charge in [0.25, 0.3) is 5.91 Å². The quantitative estimate of drug-likeness (QED) is 0.789. The Bertz CT molecular complexity index is 630. The van der Waals surface area contributed by atoms with Crippen molar-refractivity contribution >= 4 is 16.8 Å². The van der Waals surface area contributed by atoms with Gasteiger partial charge in [-0.25, -0.2) is 4.98 Å². The van der Waals surface area contributed by atoms with Crippen molar-refractivity contribution in [2.24, 2.45) is 0 Å². The van der Waals surface area contributed by atoms with E-state index in [1.807, 2.05) is 33.8 Å². The van der Waals surface area contributed by atoms with Crippen molar-refractivity contribution in [3.8, 4) is 0 Å². The third-order valence-electron chi connectivity index (χ3n) is 3.08. The van der Waals surface area contributed by atoms with E-state index >= 15 is 0 Å². The first-order valence-electron chi connectivity index (χ1n) is 7.00. The van der Waals surface area contributed by atoms with Gasteiger partial charge in [-0.05, 0) is 44.0 Å². The smallest absolute Gasteiger partial charge is 0.271 e. The van der Waals surface area contributed by atoms with Crippen LogP contribution in [-0.2, 0) is 0 Å². The van der Waals surface area contributed by atoms with Crippen LogP contribution in [0.3, 0.4) is 0 Å². The van der Waals surface area contributed by atoms with E-state index in [2.05, 4.69) is 24.0 Å². The zero-order chi connectivity index (χ0) is 15.4. The highest BCUT2D eigenvalue weighted by molar-refractivity contribution is 5.96. The van der Waals surface area contributed by atoms with E-state index in [-0.39, 0.29) is 5.91 Å². The van der Waals surface area contributed by atoms with Crippen molar-refractivity contribution in [1.29, 1.82) is 0 Å². The molecule has 0 N–H and O–H groups in total. The van der Waals surface area contributed by atoms with Gasteiger partial charge >= 0.3 is 0 Å². The fourth-order valence-corrected chi connectivity index (χ4v) is 2.18. The molecule has 0 atom stereocenters. The van der Waals surface area contributed by atoms with Crippen LogP contribution < -0.4 is 0 Å². The van der Waals surface area contributed by atoms with Crippen molar-refractivity contribution in [2.75, 3.05) is 14.1 Å². The highest BCUT2D eigenvalue weighted by Gasteiger charge is 2.13. The molecular weight excluding hydrogens is 248 g/mol. The number of rotatable bonds is 1. The van der Waals surface area contributed by atoms with Crippen LogP contribution >= 0.6 is 0 Å². The monoisotopic (exact) mass is 272 g/mol. The molecule has 3 nitrogen and oxygen atoms in total.